The molecule has 0 saturated carbocycles. The summed E-state index contributed by atoms with van der Waals surface area (Å²) in [4.78, 5) is 1.91. The summed E-state index contributed by atoms with van der Waals surface area (Å²) < 4.78 is 1.04. The van der Waals surface area contributed by atoms with E-state index < -0.39 is 5.66 Å². The van der Waals surface area contributed by atoms with Gasteiger partial charge in [0.25, 0.3) is 0 Å². The van der Waals surface area contributed by atoms with Crippen LogP contribution in [0.2, 0.25) is 0 Å². The number of thiocarbonyl (C=S) groups is 1. The van der Waals surface area contributed by atoms with E-state index in [1.165, 1.54) is 0 Å². The van der Waals surface area contributed by atoms with E-state index in [1.807, 2.05) is 70.8 Å². The van der Waals surface area contributed by atoms with Crippen molar-refractivity contribution in [1.82, 2.24) is 5.32 Å². The SMILES string of the molecule is CN(C(=S)NC(C)(C)N=NC(C)(C)C)c1ccc(Br)cc1. The third-order valence-electron chi connectivity index (χ3n) is 2.53. The van der Waals surface area contributed by atoms with Crippen LogP contribution in [0.1, 0.15) is 34.6 Å². The van der Waals surface area contributed by atoms with E-state index in [0.29, 0.717) is 5.11 Å². The zero-order chi connectivity index (χ0) is 16.3. The predicted molar refractivity (Wildman–Crippen MR) is 97.0 cm³/mol. The van der Waals surface area contributed by atoms with Gasteiger partial charge in [0.15, 0.2) is 5.11 Å². The lowest BCUT2D eigenvalue weighted by Gasteiger charge is -2.28. The van der Waals surface area contributed by atoms with Crippen LogP contribution < -0.4 is 10.2 Å². The molecule has 116 valence electrons. The third kappa shape index (κ3) is 6.52. The van der Waals surface area contributed by atoms with Crippen LogP contribution in [0.15, 0.2) is 39.0 Å². The molecule has 0 amide bonds. The summed E-state index contributed by atoms with van der Waals surface area (Å²) in [5.74, 6) is 0. The standard InChI is InChI=1S/C15H23BrN4S/c1-14(2,3)18-19-15(4,5)17-13(21)20(6)12-9-7-11(16)8-10-12/h7-10H,1-6H3,(H,17,21). The molecule has 1 aromatic rings. The molecule has 0 aromatic heterocycles. The van der Waals surface area contributed by atoms with Gasteiger partial charge in [-0.1, -0.05) is 15.9 Å². The predicted octanol–water partition coefficient (Wildman–Crippen LogP) is 4.75. The van der Waals surface area contributed by atoms with Crippen molar-refractivity contribution >= 4 is 38.9 Å². The summed E-state index contributed by atoms with van der Waals surface area (Å²) in [5.41, 5.74) is 0.269. The summed E-state index contributed by atoms with van der Waals surface area (Å²) in [6.07, 6.45) is 0. The minimum atomic E-state index is -0.548. The number of azo groups is 1. The Labute approximate surface area is 141 Å². The molecule has 0 bridgehead atoms. The Morgan fingerprint density at radius 1 is 1.10 bits per heavy atom. The summed E-state index contributed by atoms with van der Waals surface area (Å²) in [6.45, 7) is 9.94. The molecule has 1 aromatic carbocycles. The molecular weight excluding hydrogens is 348 g/mol. The maximum absolute atomic E-state index is 5.45. The summed E-state index contributed by atoms with van der Waals surface area (Å²) in [6, 6.07) is 7.97. The Morgan fingerprint density at radius 3 is 2.10 bits per heavy atom. The number of rotatable bonds is 3. The molecule has 0 aliphatic rings. The zero-order valence-electron chi connectivity index (χ0n) is 13.4. The lowest BCUT2D eigenvalue weighted by molar-refractivity contribution is 0.416. The number of hydrogen-bond donors (Lipinski definition) is 1. The fourth-order valence-electron chi connectivity index (χ4n) is 1.43. The number of halogens is 1. The highest BCUT2D eigenvalue weighted by Gasteiger charge is 2.21. The summed E-state index contributed by atoms with van der Waals surface area (Å²) in [7, 11) is 1.93. The van der Waals surface area contributed by atoms with Crippen LogP contribution in [0.25, 0.3) is 0 Å². The van der Waals surface area contributed by atoms with E-state index in [0.717, 1.165) is 10.2 Å². The van der Waals surface area contributed by atoms with Crippen LogP contribution in [0.3, 0.4) is 0 Å². The van der Waals surface area contributed by atoms with Gasteiger partial charge < -0.3 is 10.2 Å². The molecule has 0 radical (unpaired) electrons. The quantitative estimate of drug-likeness (QED) is 0.616. The van der Waals surface area contributed by atoms with Crippen LogP contribution in [-0.4, -0.2) is 23.4 Å². The first kappa shape index (κ1) is 18.0. The molecule has 1 N–H and O–H groups in total. The largest absolute Gasteiger partial charge is 0.337 e. The van der Waals surface area contributed by atoms with Gasteiger partial charge in [0.2, 0.25) is 0 Å². The molecule has 0 atom stereocenters. The molecule has 0 aliphatic heterocycles. The molecule has 4 nitrogen and oxygen atoms in total. The lowest BCUT2D eigenvalue weighted by atomic mass is 10.1. The molecular formula is C15H23BrN4S. The van der Waals surface area contributed by atoms with Gasteiger partial charge in [-0.2, -0.15) is 10.2 Å². The highest BCUT2D eigenvalue weighted by molar-refractivity contribution is 9.10. The maximum atomic E-state index is 5.45. The van der Waals surface area contributed by atoms with Gasteiger partial charge >= 0.3 is 0 Å². The second kappa shape index (κ2) is 6.83. The maximum Gasteiger partial charge on any atom is 0.175 e. The van der Waals surface area contributed by atoms with E-state index in [4.69, 9.17) is 12.2 Å². The van der Waals surface area contributed by atoms with Gasteiger partial charge in [0.1, 0.15) is 5.66 Å². The van der Waals surface area contributed by atoms with Crippen LogP contribution in [0.4, 0.5) is 5.69 Å². The number of hydrogen-bond acceptors (Lipinski definition) is 3. The van der Waals surface area contributed by atoms with E-state index in [2.05, 4.69) is 31.5 Å². The minimum Gasteiger partial charge on any atom is -0.337 e. The van der Waals surface area contributed by atoms with Crippen molar-refractivity contribution in [2.45, 2.75) is 45.8 Å². The molecule has 0 unspecified atom stereocenters. The molecule has 0 heterocycles. The average Bonchev–Trinajstić information content (AvgIpc) is 2.35. The van der Waals surface area contributed by atoms with Crippen molar-refractivity contribution in [2.24, 2.45) is 10.2 Å². The molecule has 0 aliphatic carbocycles. The van der Waals surface area contributed by atoms with Gasteiger partial charge in [-0.05, 0) is 71.1 Å². The van der Waals surface area contributed by atoms with Gasteiger partial charge in [0, 0.05) is 17.2 Å². The number of anilines is 1. The van der Waals surface area contributed by atoms with Crippen molar-refractivity contribution < 1.29 is 0 Å². The third-order valence-corrected chi connectivity index (χ3v) is 3.44. The normalized spacial score (nSPS) is 12.5. The highest BCUT2D eigenvalue weighted by Crippen LogP contribution is 2.18. The first-order valence-corrected chi connectivity index (χ1v) is 7.96. The zero-order valence-corrected chi connectivity index (χ0v) is 15.8. The van der Waals surface area contributed by atoms with Gasteiger partial charge in [-0.15, -0.1) is 0 Å². The highest BCUT2D eigenvalue weighted by atomic mass is 79.9. The lowest BCUT2D eigenvalue weighted by Crippen LogP contribution is -2.47. The smallest absolute Gasteiger partial charge is 0.175 e. The minimum absolute atomic E-state index is 0.196. The van der Waals surface area contributed by atoms with Crippen molar-refractivity contribution in [3.63, 3.8) is 0 Å². The van der Waals surface area contributed by atoms with Crippen molar-refractivity contribution in [3.05, 3.63) is 28.7 Å². The summed E-state index contributed by atoms with van der Waals surface area (Å²) >= 11 is 8.87. The molecule has 1 rings (SSSR count). The van der Waals surface area contributed by atoms with Crippen LogP contribution in [0.5, 0.6) is 0 Å². The van der Waals surface area contributed by atoms with Gasteiger partial charge in [-0.3, -0.25) is 0 Å². The van der Waals surface area contributed by atoms with Crippen LogP contribution >= 0.6 is 28.1 Å². The number of benzene rings is 1. The van der Waals surface area contributed by atoms with Crippen LogP contribution in [-0.2, 0) is 0 Å². The fourth-order valence-corrected chi connectivity index (χ4v) is 2.05. The van der Waals surface area contributed by atoms with E-state index >= 15 is 0 Å². The van der Waals surface area contributed by atoms with E-state index in [1.54, 1.807) is 0 Å². The second-order valence-electron chi connectivity index (χ2n) is 6.40. The van der Waals surface area contributed by atoms with Crippen molar-refractivity contribution in [3.8, 4) is 0 Å². The Morgan fingerprint density at radius 2 is 1.62 bits per heavy atom. The Hall–Kier alpha value is -1.01. The van der Waals surface area contributed by atoms with Crippen molar-refractivity contribution in [2.75, 3.05) is 11.9 Å². The van der Waals surface area contributed by atoms with E-state index in [-0.39, 0.29) is 5.54 Å². The molecule has 0 spiro atoms. The first-order chi connectivity index (χ1) is 9.50. The van der Waals surface area contributed by atoms with Gasteiger partial charge in [-0.25, -0.2) is 0 Å². The van der Waals surface area contributed by atoms with Crippen LogP contribution in [0, 0.1) is 0 Å². The van der Waals surface area contributed by atoms with Gasteiger partial charge in [0.05, 0.1) is 5.54 Å². The average molecular weight is 371 g/mol. The molecule has 0 saturated heterocycles. The van der Waals surface area contributed by atoms with Crippen molar-refractivity contribution in [1.29, 1.82) is 0 Å². The Bertz CT molecular complexity index is 517. The number of nitrogens with one attached hydrogen (secondary N) is 1. The summed E-state index contributed by atoms with van der Waals surface area (Å²) in [5, 5.41) is 12.5. The molecule has 0 fully saturated rings. The molecule has 6 heteroatoms. The topological polar surface area (TPSA) is 40.0 Å². The number of nitrogens with zero attached hydrogens (tertiary/aromatic N) is 3. The first-order valence-electron chi connectivity index (χ1n) is 6.76. The Balaban J connectivity index is 2.75. The monoisotopic (exact) mass is 370 g/mol. The molecule has 21 heavy (non-hydrogen) atoms. The fraction of sp³-hybridized carbons (Fsp3) is 0.533. The second-order valence-corrected chi connectivity index (χ2v) is 7.70. The Kier molecular flexibility index (Phi) is 5.87. The van der Waals surface area contributed by atoms with E-state index in [9.17, 15) is 0 Å².